The molecule has 2 aromatic heterocycles. The maximum Gasteiger partial charge on any atom is 0.431 e. The van der Waals surface area contributed by atoms with Gasteiger partial charge in [0.05, 0.1) is 6.54 Å². The van der Waals surface area contributed by atoms with Gasteiger partial charge in [0, 0.05) is 10.6 Å². The van der Waals surface area contributed by atoms with Crippen molar-refractivity contribution in [3.05, 3.63) is 80.9 Å². The quantitative estimate of drug-likeness (QED) is 0.597. The predicted octanol–water partition coefficient (Wildman–Crippen LogP) is 3.20. The molecule has 0 aliphatic heterocycles. The molecule has 2 heterocycles. The third kappa shape index (κ3) is 5.15. The van der Waals surface area contributed by atoms with E-state index in [1.165, 1.54) is 0 Å². The van der Waals surface area contributed by atoms with Crippen LogP contribution in [-0.2, 0) is 24.1 Å². The fraction of sp³-hybridized carbons (Fsp3) is 0.150. The van der Waals surface area contributed by atoms with E-state index >= 15 is 0 Å². The first kappa shape index (κ1) is 22.2. The Bertz CT molecular complexity index is 1180. The van der Waals surface area contributed by atoms with Crippen molar-refractivity contribution in [2.75, 3.05) is 0 Å². The van der Waals surface area contributed by atoms with Crippen LogP contribution in [0.15, 0.2) is 57.7 Å². The molecule has 0 aliphatic rings. The number of aromatic nitrogens is 1. The fourth-order valence-electron chi connectivity index (χ4n) is 2.80. The van der Waals surface area contributed by atoms with E-state index in [2.05, 4.69) is 5.32 Å². The van der Waals surface area contributed by atoms with Gasteiger partial charge in [0.2, 0.25) is 5.91 Å². The maximum atomic E-state index is 13.2. The zero-order valence-corrected chi connectivity index (χ0v) is 16.5. The van der Waals surface area contributed by atoms with Crippen molar-refractivity contribution in [2.45, 2.75) is 19.3 Å². The van der Waals surface area contributed by atoms with E-state index in [4.69, 9.17) is 21.8 Å². The molecule has 0 radical (unpaired) electrons. The molecule has 2 amide bonds. The van der Waals surface area contributed by atoms with Crippen molar-refractivity contribution < 1.29 is 27.2 Å². The number of carbonyl (C=O) groups is 2. The van der Waals surface area contributed by atoms with Gasteiger partial charge in [-0.15, -0.1) is 0 Å². The molecule has 0 aliphatic carbocycles. The van der Waals surface area contributed by atoms with Crippen molar-refractivity contribution in [3.8, 4) is 11.3 Å². The summed E-state index contributed by atoms with van der Waals surface area (Å²) in [7, 11) is 0. The van der Waals surface area contributed by atoms with Crippen LogP contribution in [-0.4, -0.2) is 16.4 Å². The molecule has 0 atom stereocenters. The van der Waals surface area contributed by atoms with Crippen molar-refractivity contribution >= 4 is 23.4 Å². The molecule has 7 nitrogen and oxygen atoms in total. The monoisotopic (exact) mass is 453 g/mol. The highest BCUT2D eigenvalue weighted by Gasteiger charge is 2.35. The highest BCUT2D eigenvalue weighted by Crippen LogP contribution is 2.28. The lowest BCUT2D eigenvalue weighted by Crippen LogP contribution is -2.38. The number of hydrogen-bond donors (Lipinski definition) is 2. The van der Waals surface area contributed by atoms with Crippen LogP contribution in [0.25, 0.3) is 11.3 Å². The second-order valence-corrected chi connectivity index (χ2v) is 6.87. The minimum Gasteiger partial charge on any atom is -0.459 e. The Balaban J connectivity index is 1.74. The second-order valence-electron chi connectivity index (χ2n) is 6.44. The number of primary amides is 1. The first-order chi connectivity index (χ1) is 14.6. The van der Waals surface area contributed by atoms with Crippen LogP contribution in [0.1, 0.15) is 21.8 Å². The normalized spacial score (nSPS) is 11.4. The molecule has 0 fully saturated rings. The van der Waals surface area contributed by atoms with Gasteiger partial charge < -0.3 is 15.5 Å². The maximum absolute atomic E-state index is 13.2. The van der Waals surface area contributed by atoms with Crippen LogP contribution in [0.3, 0.4) is 0 Å². The molecule has 0 unspecified atom stereocenters. The van der Waals surface area contributed by atoms with Gasteiger partial charge in [-0.25, -0.2) is 0 Å². The molecule has 11 heteroatoms. The summed E-state index contributed by atoms with van der Waals surface area (Å²) < 4.78 is 45.4. The number of nitrogens with zero attached hydrogens (tertiary/aromatic N) is 1. The zero-order valence-electron chi connectivity index (χ0n) is 15.7. The molecule has 3 N–H and O–H groups in total. The van der Waals surface area contributed by atoms with Gasteiger partial charge in [-0.3, -0.25) is 19.0 Å². The van der Waals surface area contributed by atoms with Gasteiger partial charge >= 0.3 is 6.18 Å². The van der Waals surface area contributed by atoms with E-state index in [1.54, 1.807) is 36.4 Å². The SMILES string of the molecule is NC(=O)c1ccc(C(F)(F)F)n(CC(=O)NCc2ccc(-c3ccc(Cl)cc3)o2)c1=O. The number of alkyl halides is 3. The average molecular weight is 454 g/mol. The van der Waals surface area contributed by atoms with Crippen LogP contribution in [0.4, 0.5) is 13.2 Å². The first-order valence-corrected chi connectivity index (χ1v) is 9.16. The number of nitrogens with two attached hydrogens (primary N) is 1. The Morgan fingerprint density at radius 3 is 2.35 bits per heavy atom. The number of rotatable bonds is 6. The van der Waals surface area contributed by atoms with Crippen molar-refractivity contribution in [3.63, 3.8) is 0 Å². The topological polar surface area (TPSA) is 107 Å². The number of amides is 2. The number of hydrogen-bond acceptors (Lipinski definition) is 4. The number of halogens is 4. The lowest BCUT2D eigenvalue weighted by atomic mass is 10.2. The number of nitrogens with one attached hydrogen (secondary N) is 1. The third-order valence-corrected chi connectivity index (χ3v) is 4.53. The van der Waals surface area contributed by atoms with Gasteiger partial charge in [0.15, 0.2) is 0 Å². The second kappa shape index (κ2) is 8.68. The van der Waals surface area contributed by atoms with E-state index < -0.39 is 41.4 Å². The Morgan fingerprint density at radius 1 is 1.06 bits per heavy atom. The summed E-state index contributed by atoms with van der Waals surface area (Å²) in [4.78, 5) is 35.7. The lowest BCUT2D eigenvalue weighted by molar-refractivity contribution is -0.144. The van der Waals surface area contributed by atoms with E-state index in [0.717, 1.165) is 5.56 Å². The van der Waals surface area contributed by atoms with Crippen LogP contribution < -0.4 is 16.6 Å². The largest absolute Gasteiger partial charge is 0.459 e. The molecule has 0 saturated carbocycles. The van der Waals surface area contributed by atoms with Gasteiger partial charge in [0.1, 0.15) is 29.3 Å². The summed E-state index contributed by atoms with van der Waals surface area (Å²) in [5, 5.41) is 2.93. The van der Waals surface area contributed by atoms with Crippen LogP contribution in [0, 0.1) is 0 Å². The number of pyridine rings is 1. The van der Waals surface area contributed by atoms with Crippen molar-refractivity contribution in [2.24, 2.45) is 5.73 Å². The van der Waals surface area contributed by atoms with Gasteiger partial charge in [0.25, 0.3) is 11.5 Å². The molecule has 1 aromatic carbocycles. The summed E-state index contributed by atoms with van der Waals surface area (Å²) in [6.07, 6.45) is -4.91. The molecule has 0 bridgehead atoms. The molecule has 162 valence electrons. The van der Waals surface area contributed by atoms with Gasteiger partial charge in [-0.05, 0) is 48.5 Å². The van der Waals surface area contributed by atoms with E-state index in [-0.39, 0.29) is 11.1 Å². The molecule has 0 spiro atoms. The molecule has 0 saturated heterocycles. The zero-order chi connectivity index (χ0) is 22.8. The van der Waals surface area contributed by atoms with Crippen LogP contribution in [0.5, 0.6) is 0 Å². The minimum absolute atomic E-state index is 0.127. The van der Waals surface area contributed by atoms with Gasteiger partial charge in [-0.2, -0.15) is 13.2 Å². The first-order valence-electron chi connectivity index (χ1n) is 8.78. The number of benzene rings is 1. The molecule has 31 heavy (non-hydrogen) atoms. The summed E-state index contributed by atoms with van der Waals surface area (Å²) in [5.74, 6) is -1.24. The average Bonchev–Trinajstić information content (AvgIpc) is 3.16. The molecule has 3 aromatic rings. The standard InChI is InChI=1S/C20H15ClF3N3O4/c21-12-3-1-11(2-4-12)15-7-5-13(31-15)9-26-17(28)10-27-16(20(22,23)24)8-6-14(18(25)29)19(27)30/h1-8H,9-10H2,(H2,25,29)(H,26,28). The van der Waals surface area contributed by atoms with E-state index in [9.17, 15) is 27.6 Å². The fourth-order valence-corrected chi connectivity index (χ4v) is 2.92. The van der Waals surface area contributed by atoms with Crippen LogP contribution >= 0.6 is 11.6 Å². The highest BCUT2D eigenvalue weighted by molar-refractivity contribution is 6.30. The van der Waals surface area contributed by atoms with E-state index in [1.807, 2.05) is 0 Å². The summed E-state index contributed by atoms with van der Waals surface area (Å²) >= 11 is 5.83. The summed E-state index contributed by atoms with van der Waals surface area (Å²) in [5.41, 5.74) is 2.42. The number of carbonyl (C=O) groups excluding carboxylic acids is 2. The smallest absolute Gasteiger partial charge is 0.431 e. The van der Waals surface area contributed by atoms with Crippen LogP contribution in [0.2, 0.25) is 5.02 Å². The predicted molar refractivity (Wildman–Crippen MR) is 105 cm³/mol. The Morgan fingerprint density at radius 2 is 1.74 bits per heavy atom. The van der Waals surface area contributed by atoms with E-state index in [0.29, 0.717) is 28.7 Å². The Hall–Kier alpha value is -3.53. The van der Waals surface area contributed by atoms with Crippen molar-refractivity contribution in [1.82, 2.24) is 9.88 Å². The lowest BCUT2D eigenvalue weighted by Gasteiger charge is -2.15. The highest BCUT2D eigenvalue weighted by atomic mass is 35.5. The summed E-state index contributed by atoms with van der Waals surface area (Å²) in [6.45, 7) is -1.09. The Labute approximate surface area is 178 Å². The van der Waals surface area contributed by atoms with Crippen molar-refractivity contribution in [1.29, 1.82) is 0 Å². The molecule has 3 rings (SSSR count). The Kier molecular flexibility index (Phi) is 6.21. The molecular weight excluding hydrogens is 439 g/mol. The molecular formula is C20H15ClF3N3O4. The number of furan rings is 1. The van der Waals surface area contributed by atoms with Gasteiger partial charge in [-0.1, -0.05) is 11.6 Å². The summed E-state index contributed by atoms with van der Waals surface area (Å²) in [6, 6.07) is 11.3. The minimum atomic E-state index is -4.91. The third-order valence-electron chi connectivity index (χ3n) is 4.28.